The van der Waals surface area contributed by atoms with Gasteiger partial charge >= 0.3 is 6.09 Å². The number of nitrogens with one attached hydrogen (secondary N) is 2. The highest BCUT2D eigenvalue weighted by Gasteiger charge is 2.19. The summed E-state index contributed by atoms with van der Waals surface area (Å²) in [4.78, 5) is 19.5. The van der Waals surface area contributed by atoms with Gasteiger partial charge in [-0.15, -0.1) is 0 Å². The van der Waals surface area contributed by atoms with Gasteiger partial charge in [-0.2, -0.15) is 0 Å². The quantitative estimate of drug-likeness (QED) is 0.490. The van der Waals surface area contributed by atoms with Crippen LogP contribution in [0.15, 0.2) is 59.2 Å². The van der Waals surface area contributed by atoms with E-state index in [4.69, 9.17) is 4.74 Å². The van der Waals surface area contributed by atoms with Crippen molar-refractivity contribution >= 4 is 22.0 Å². The summed E-state index contributed by atoms with van der Waals surface area (Å²) in [7, 11) is 0. The lowest BCUT2D eigenvalue weighted by molar-refractivity contribution is 0.104. The van der Waals surface area contributed by atoms with E-state index in [1.54, 1.807) is 0 Å². The number of carbonyl (C=O) groups excluding carboxylic acids is 1. The highest BCUT2D eigenvalue weighted by atomic mass is 79.9. The molecule has 2 N–H and O–H groups in total. The summed E-state index contributed by atoms with van der Waals surface area (Å²) in [5.74, 6) is 1.40. The summed E-state index contributed by atoms with van der Waals surface area (Å²) in [6.45, 7) is 1.03. The number of aromatic nitrogens is 2. The molecule has 4 rings (SSSR count). The zero-order chi connectivity index (χ0) is 20.1. The fraction of sp³-hybridized carbons (Fsp3) is 0.304. The van der Waals surface area contributed by atoms with Crippen molar-refractivity contribution < 1.29 is 9.53 Å². The maximum Gasteiger partial charge on any atom is 0.407 e. The second-order valence-electron chi connectivity index (χ2n) is 7.39. The number of alkyl carbamates (subject to hydrolysis) is 1. The van der Waals surface area contributed by atoms with Gasteiger partial charge in [-0.05, 0) is 42.0 Å². The molecule has 0 aliphatic heterocycles. The van der Waals surface area contributed by atoms with Crippen molar-refractivity contribution in [3.63, 3.8) is 0 Å². The van der Waals surface area contributed by atoms with Crippen LogP contribution in [-0.2, 0) is 11.2 Å². The van der Waals surface area contributed by atoms with Crippen LogP contribution in [0.3, 0.4) is 0 Å². The Morgan fingerprint density at radius 1 is 1.07 bits per heavy atom. The fourth-order valence-corrected chi connectivity index (χ4v) is 3.56. The third-order valence-corrected chi connectivity index (χ3v) is 5.82. The first-order chi connectivity index (χ1) is 14.2. The van der Waals surface area contributed by atoms with E-state index in [-0.39, 0.29) is 6.09 Å². The Labute approximate surface area is 179 Å². The third-order valence-electron chi connectivity index (χ3n) is 5.30. The molecule has 150 valence electrons. The molecule has 0 unspecified atom stereocenters. The summed E-state index contributed by atoms with van der Waals surface area (Å²) in [5.41, 5.74) is 4.30. The normalized spacial score (nSPS) is 13.7. The van der Waals surface area contributed by atoms with Crippen LogP contribution < -0.4 is 5.32 Å². The van der Waals surface area contributed by atoms with Gasteiger partial charge in [0.15, 0.2) is 0 Å². The topological polar surface area (TPSA) is 67.0 Å². The number of rotatable bonds is 7. The van der Waals surface area contributed by atoms with E-state index in [0.29, 0.717) is 25.5 Å². The van der Waals surface area contributed by atoms with Crippen LogP contribution in [0.1, 0.15) is 25.1 Å². The smallest absolute Gasteiger partial charge is 0.407 e. The molecule has 1 heterocycles. The lowest BCUT2D eigenvalue weighted by Crippen LogP contribution is -2.29. The highest BCUT2D eigenvalue weighted by molar-refractivity contribution is 9.10. The van der Waals surface area contributed by atoms with E-state index in [9.17, 15) is 4.79 Å². The lowest BCUT2D eigenvalue weighted by atomic mass is 9.86. The average molecular weight is 454 g/mol. The molecule has 0 atom stereocenters. The molecular weight excluding hydrogens is 430 g/mol. The van der Waals surface area contributed by atoms with Crippen molar-refractivity contribution in [2.75, 3.05) is 13.2 Å². The van der Waals surface area contributed by atoms with E-state index in [1.165, 1.54) is 30.4 Å². The Kier molecular flexibility index (Phi) is 6.30. The molecule has 1 fully saturated rings. The Morgan fingerprint density at radius 2 is 1.72 bits per heavy atom. The third kappa shape index (κ3) is 5.26. The molecule has 0 radical (unpaired) electrons. The first-order valence-corrected chi connectivity index (χ1v) is 10.8. The molecule has 5 nitrogen and oxygen atoms in total. The minimum absolute atomic E-state index is 0.341. The minimum atomic E-state index is -0.341. The van der Waals surface area contributed by atoms with Crippen LogP contribution in [0, 0.1) is 5.92 Å². The maximum atomic E-state index is 11.7. The lowest BCUT2D eigenvalue weighted by Gasteiger charge is -2.24. The summed E-state index contributed by atoms with van der Waals surface area (Å²) >= 11 is 3.47. The molecule has 1 aromatic heterocycles. The van der Waals surface area contributed by atoms with E-state index >= 15 is 0 Å². The van der Waals surface area contributed by atoms with Crippen molar-refractivity contribution in [3.05, 3.63) is 65.0 Å². The van der Waals surface area contributed by atoms with Crippen LogP contribution in [0.5, 0.6) is 0 Å². The molecule has 1 saturated carbocycles. The number of amides is 1. The van der Waals surface area contributed by atoms with Gasteiger partial charge in [-0.3, -0.25) is 0 Å². The van der Waals surface area contributed by atoms with E-state index < -0.39 is 0 Å². The largest absolute Gasteiger partial charge is 0.449 e. The molecule has 1 amide bonds. The van der Waals surface area contributed by atoms with Gasteiger partial charge in [0.1, 0.15) is 5.82 Å². The van der Waals surface area contributed by atoms with E-state index in [0.717, 1.165) is 21.6 Å². The number of aromatic amines is 1. The monoisotopic (exact) mass is 453 g/mol. The molecule has 6 heteroatoms. The minimum Gasteiger partial charge on any atom is -0.449 e. The average Bonchev–Trinajstić information content (AvgIpc) is 3.16. The molecular formula is C23H24BrN3O2. The zero-order valence-electron chi connectivity index (χ0n) is 16.2. The van der Waals surface area contributed by atoms with Gasteiger partial charge in [-0.1, -0.05) is 58.7 Å². The first kappa shape index (κ1) is 19.7. The predicted octanol–water partition coefficient (Wildman–Crippen LogP) is 5.58. The van der Waals surface area contributed by atoms with E-state index in [1.807, 2.05) is 18.3 Å². The van der Waals surface area contributed by atoms with Crippen LogP contribution in [0.4, 0.5) is 4.79 Å². The van der Waals surface area contributed by atoms with Crippen LogP contribution in [0.25, 0.3) is 22.4 Å². The van der Waals surface area contributed by atoms with Crippen molar-refractivity contribution in [2.45, 2.75) is 25.7 Å². The molecule has 1 aliphatic carbocycles. The van der Waals surface area contributed by atoms with Crippen LogP contribution >= 0.6 is 15.9 Å². The molecule has 2 aromatic carbocycles. The van der Waals surface area contributed by atoms with Gasteiger partial charge in [0.25, 0.3) is 0 Å². The predicted molar refractivity (Wildman–Crippen MR) is 118 cm³/mol. The Bertz CT molecular complexity index is 947. The molecule has 29 heavy (non-hydrogen) atoms. The zero-order valence-corrected chi connectivity index (χ0v) is 17.7. The number of ether oxygens (including phenoxy) is 1. The number of imidazole rings is 1. The molecule has 3 aromatic rings. The Morgan fingerprint density at radius 3 is 2.38 bits per heavy atom. The van der Waals surface area contributed by atoms with Gasteiger partial charge in [-0.25, -0.2) is 9.78 Å². The number of carbonyl (C=O) groups is 1. The first-order valence-electron chi connectivity index (χ1n) is 9.99. The highest BCUT2D eigenvalue weighted by Crippen LogP contribution is 2.26. The van der Waals surface area contributed by atoms with E-state index in [2.05, 4.69) is 67.6 Å². The van der Waals surface area contributed by atoms with Crippen molar-refractivity contribution in [1.82, 2.24) is 15.3 Å². The van der Waals surface area contributed by atoms with Crippen molar-refractivity contribution in [1.29, 1.82) is 0 Å². The number of halogens is 1. The summed E-state index contributed by atoms with van der Waals surface area (Å²) < 4.78 is 6.30. The number of hydrogen-bond donors (Lipinski definition) is 2. The molecule has 0 spiro atoms. The molecule has 1 aliphatic rings. The summed E-state index contributed by atoms with van der Waals surface area (Å²) in [5, 5.41) is 2.79. The maximum absolute atomic E-state index is 11.7. The SMILES string of the molecule is O=C(NCCc1nc(-c2ccc(-c3ccc(Br)cc3)cc2)c[nH]1)OCC1CCC1. The second-order valence-corrected chi connectivity index (χ2v) is 8.30. The van der Waals surface area contributed by atoms with Crippen LogP contribution in [0.2, 0.25) is 0 Å². The number of benzene rings is 2. The van der Waals surface area contributed by atoms with Gasteiger partial charge in [0.2, 0.25) is 0 Å². The van der Waals surface area contributed by atoms with Crippen LogP contribution in [-0.4, -0.2) is 29.2 Å². The summed E-state index contributed by atoms with van der Waals surface area (Å²) in [6.07, 6.45) is 5.80. The summed E-state index contributed by atoms with van der Waals surface area (Å²) in [6, 6.07) is 16.6. The molecule has 0 saturated heterocycles. The fourth-order valence-electron chi connectivity index (χ4n) is 3.30. The molecule has 0 bridgehead atoms. The second kappa shape index (κ2) is 9.27. The van der Waals surface area contributed by atoms with Gasteiger partial charge in [0.05, 0.1) is 12.3 Å². The van der Waals surface area contributed by atoms with Crippen molar-refractivity contribution in [3.8, 4) is 22.4 Å². The van der Waals surface area contributed by atoms with Gasteiger partial charge < -0.3 is 15.0 Å². The number of nitrogens with zero attached hydrogens (tertiary/aromatic N) is 1. The standard InChI is InChI=1S/C23H24BrN3O2/c24-20-10-8-18(9-11-20)17-4-6-19(7-5-17)21-14-26-22(27-21)12-13-25-23(28)29-15-16-2-1-3-16/h4-11,14,16H,1-3,12-13,15H2,(H,25,28)(H,26,27). The van der Waals surface area contributed by atoms with Gasteiger partial charge in [0, 0.05) is 29.2 Å². The van der Waals surface area contributed by atoms with Crippen molar-refractivity contribution in [2.24, 2.45) is 5.92 Å². The Balaban J connectivity index is 1.28. The Hall–Kier alpha value is -2.60. The number of hydrogen-bond acceptors (Lipinski definition) is 3. The number of H-pyrrole nitrogens is 1.